The molecule has 2 atom stereocenters. The molecule has 2 rings (SSSR count). The fourth-order valence-corrected chi connectivity index (χ4v) is 1.76. The number of nitrogens with zero attached hydrogens (tertiary/aromatic N) is 1. The normalized spacial score (nSPS) is 22.6. The summed E-state index contributed by atoms with van der Waals surface area (Å²) in [6, 6.07) is 6.14. The van der Waals surface area contributed by atoms with Crippen LogP contribution in [0.25, 0.3) is 0 Å². The molecule has 0 spiro atoms. The average Bonchev–Trinajstić information content (AvgIpc) is 2.97. The lowest BCUT2D eigenvalue weighted by Gasteiger charge is -1.98. The highest BCUT2D eigenvalue weighted by Crippen LogP contribution is 2.48. The predicted octanol–water partition coefficient (Wildman–Crippen LogP) is 0.729. The van der Waals surface area contributed by atoms with Gasteiger partial charge in [-0.2, -0.15) is 4.99 Å². The zero-order valence-corrected chi connectivity index (χ0v) is 8.56. The Balaban J connectivity index is 2.04. The zero-order valence-electron chi connectivity index (χ0n) is 8.56. The number of nitrogens with two attached hydrogens (primary N) is 2. The molecule has 0 radical (unpaired) electrons. The van der Waals surface area contributed by atoms with Gasteiger partial charge < -0.3 is 11.5 Å². The maximum atomic E-state index is 12.7. The second kappa shape index (κ2) is 3.92. The summed E-state index contributed by atoms with van der Waals surface area (Å²) in [4.78, 5) is 14.9. The van der Waals surface area contributed by atoms with E-state index in [2.05, 4.69) is 4.99 Å². The van der Waals surface area contributed by atoms with Gasteiger partial charge in [0.05, 0.1) is 0 Å². The largest absolute Gasteiger partial charge is 0.370 e. The van der Waals surface area contributed by atoms with E-state index < -0.39 is 0 Å². The van der Waals surface area contributed by atoms with E-state index in [1.54, 1.807) is 12.1 Å². The fraction of sp³-hybridized carbons (Fsp3) is 0.273. The van der Waals surface area contributed by atoms with Crippen LogP contribution in [0.3, 0.4) is 0 Å². The first kappa shape index (κ1) is 10.6. The Bertz CT molecular complexity index is 437. The SMILES string of the molecule is NC(N)=NC(=O)[C@@H]1C[C@H]1c1ccc(F)cc1. The van der Waals surface area contributed by atoms with Crippen molar-refractivity contribution in [1.29, 1.82) is 0 Å². The van der Waals surface area contributed by atoms with Gasteiger partial charge >= 0.3 is 0 Å². The molecule has 1 saturated carbocycles. The van der Waals surface area contributed by atoms with Crippen molar-refractivity contribution in [3.63, 3.8) is 0 Å². The van der Waals surface area contributed by atoms with E-state index in [1.165, 1.54) is 12.1 Å². The van der Waals surface area contributed by atoms with Crippen molar-refractivity contribution in [2.75, 3.05) is 0 Å². The van der Waals surface area contributed by atoms with Crippen LogP contribution in [0.2, 0.25) is 0 Å². The van der Waals surface area contributed by atoms with Crippen LogP contribution in [0, 0.1) is 11.7 Å². The number of hydrogen-bond donors (Lipinski definition) is 2. The zero-order chi connectivity index (χ0) is 11.7. The molecule has 0 aromatic heterocycles. The van der Waals surface area contributed by atoms with Crippen LogP contribution >= 0.6 is 0 Å². The summed E-state index contributed by atoms with van der Waals surface area (Å²) in [6.07, 6.45) is 0.723. The van der Waals surface area contributed by atoms with Crippen molar-refractivity contribution < 1.29 is 9.18 Å². The number of aliphatic imine (C=N–C) groups is 1. The molecule has 5 heteroatoms. The summed E-state index contributed by atoms with van der Waals surface area (Å²) in [5, 5.41) is 0. The van der Waals surface area contributed by atoms with Gasteiger partial charge in [0.1, 0.15) is 5.82 Å². The Morgan fingerprint density at radius 2 is 1.94 bits per heavy atom. The summed E-state index contributed by atoms with van der Waals surface area (Å²) >= 11 is 0. The first-order valence-corrected chi connectivity index (χ1v) is 4.97. The number of carbonyl (C=O) groups is 1. The number of rotatable bonds is 2. The Kier molecular flexibility index (Phi) is 2.60. The standard InChI is InChI=1S/C11H12FN3O/c12-7-3-1-6(2-4-7)8-5-9(8)10(16)15-11(13)14/h1-4,8-9H,5H2,(H4,13,14,15,16)/t8-,9+/m0/s1. The lowest BCUT2D eigenvalue weighted by molar-refractivity contribution is -0.119. The molecule has 1 aliphatic carbocycles. The summed E-state index contributed by atoms with van der Waals surface area (Å²) in [5.41, 5.74) is 11.2. The molecular weight excluding hydrogens is 209 g/mol. The van der Waals surface area contributed by atoms with Crippen LogP contribution in [0.4, 0.5) is 4.39 Å². The first-order chi connectivity index (χ1) is 7.58. The second-order valence-electron chi connectivity index (χ2n) is 3.88. The third-order valence-electron chi connectivity index (χ3n) is 2.65. The lowest BCUT2D eigenvalue weighted by Crippen LogP contribution is -2.24. The van der Waals surface area contributed by atoms with Gasteiger partial charge in [-0.1, -0.05) is 12.1 Å². The highest BCUT2D eigenvalue weighted by molar-refractivity contribution is 5.94. The average molecular weight is 221 g/mol. The number of amides is 1. The molecule has 16 heavy (non-hydrogen) atoms. The van der Waals surface area contributed by atoms with Gasteiger partial charge in [-0.15, -0.1) is 0 Å². The van der Waals surface area contributed by atoms with Gasteiger partial charge in [0.25, 0.3) is 5.91 Å². The van der Waals surface area contributed by atoms with Gasteiger partial charge in [0.15, 0.2) is 5.96 Å². The summed E-state index contributed by atoms with van der Waals surface area (Å²) < 4.78 is 12.7. The van der Waals surface area contributed by atoms with Gasteiger partial charge in [0.2, 0.25) is 0 Å². The minimum absolute atomic E-state index is 0.121. The molecule has 4 nitrogen and oxygen atoms in total. The number of guanidine groups is 1. The van der Waals surface area contributed by atoms with Crippen LogP contribution in [0.15, 0.2) is 29.3 Å². The topological polar surface area (TPSA) is 81.5 Å². The van der Waals surface area contributed by atoms with E-state index in [1.807, 2.05) is 0 Å². The van der Waals surface area contributed by atoms with E-state index in [4.69, 9.17) is 11.5 Å². The van der Waals surface area contributed by atoms with Crippen LogP contribution < -0.4 is 11.5 Å². The Hall–Kier alpha value is -1.91. The highest BCUT2D eigenvalue weighted by atomic mass is 19.1. The molecule has 0 bridgehead atoms. The van der Waals surface area contributed by atoms with Crippen molar-refractivity contribution in [3.05, 3.63) is 35.6 Å². The number of halogens is 1. The molecule has 1 amide bonds. The van der Waals surface area contributed by atoms with Gasteiger partial charge in [0, 0.05) is 5.92 Å². The fourth-order valence-electron chi connectivity index (χ4n) is 1.76. The van der Waals surface area contributed by atoms with Gasteiger partial charge in [-0.05, 0) is 30.0 Å². The molecule has 1 aromatic carbocycles. The number of benzene rings is 1. The van der Waals surface area contributed by atoms with Crippen molar-refractivity contribution >= 4 is 11.9 Å². The van der Waals surface area contributed by atoms with E-state index in [0.717, 1.165) is 12.0 Å². The monoisotopic (exact) mass is 221 g/mol. The van der Waals surface area contributed by atoms with E-state index in [0.29, 0.717) is 0 Å². The van der Waals surface area contributed by atoms with Gasteiger partial charge in [-0.25, -0.2) is 4.39 Å². The van der Waals surface area contributed by atoms with E-state index in [-0.39, 0.29) is 29.5 Å². The molecule has 0 saturated heterocycles. The van der Waals surface area contributed by atoms with Crippen molar-refractivity contribution in [2.45, 2.75) is 12.3 Å². The highest BCUT2D eigenvalue weighted by Gasteiger charge is 2.43. The Morgan fingerprint density at radius 3 is 2.50 bits per heavy atom. The Labute approximate surface area is 92.2 Å². The van der Waals surface area contributed by atoms with Crippen LogP contribution in [-0.4, -0.2) is 11.9 Å². The predicted molar refractivity (Wildman–Crippen MR) is 58.1 cm³/mol. The smallest absolute Gasteiger partial charge is 0.252 e. The van der Waals surface area contributed by atoms with Gasteiger partial charge in [-0.3, -0.25) is 4.79 Å². The second-order valence-corrected chi connectivity index (χ2v) is 3.88. The third kappa shape index (κ3) is 2.18. The maximum absolute atomic E-state index is 12.7. The first-order valence-electron chi connectivity index (χ1n) is 4.97. The summed E-state index contributed by atoms with van der Waals surface area (Å²) in [7, 11) is 0. The quantitative estimate of drug-likeness (QED) is 0.570. The molecule has 4 N–H and O–H groups in total. The van der Waals surface area contributed by atoms with Crippen LogP contribution in [0.1, 0.15) is 17.9 Å². The minimum atomic E-state index is -0.297. The number of hydrogen-bond acceptors (Lipinski definition) is 1. The van der Waals surface area contributed by atoms with Crippen LogP contribution in [0.5, 0.6) is 0 Å². The molecule has 1 aromatic rings. The third-order valence-corrected chi connectivity index (χ3v) is 2.65. The van der Waals surface area contributed by atoms with E-state index >= 15 is 0 Å². The van der Waals surface area contributed by atoms with E-state index in [9.17, 15) is 9.18 Å². The molecule has 1 aliphatic rings. The molecule has 84 valence electrons. The molecule has 0 unspecified atom stereocenters. The van der Waals surface area contributed by atoms with Crippen LogP contribution in [-0.2, 0) is 4.79 Å². The Morgan fingerprint density at radius 1 is 1.31 bits per heavy atom. The molecular formula is C11H12FN3O. The number of carbonyl (C=O) groups excluding carboxylic acids is 1. The lowest BCUT2D eigenvalue weighted by atomic mass is 10.1. The summed E-state index contributed by atoms with van der Waals surface area (Å²) in [6.45, 7) is 0. The van der Waals surface area contributed by atoms with Crippen molar-refractivity contribution in [1.82, 2.24) is 0 Å². The van der Waals surface area contributed by atoms with Crippen molar-refractivity contribution in [2.24, 2.45) is 22.4 Å². The molecule has 1 fully saturated rings. The molecule has 0 heterocycles. The minimum Gasteiger partial charge on any atom is -0.370 e. The summed E-state index contributed by atoms with van der Waals surface area (Å²) in [5.74, 6) is -0.829. The van der Waals surface area contributed by atoms with Crippen molar-refractivity contribution in [3.8, 4) is 0 Å². The maximum Gasteiger partial charge on any atom is 0.252 e. The molecule has 0 aliphatic heterocycles.